The van der Waals surface area contributed by atoms with Crippen LogP contribution in [0.5, 0.6) is 0 Å². The Hall–Kier alpha value is -1.99. The molecular formula is C16H7Cl3F3N3. The molecule has 0 bridgehead atoms. The van der Waals surface area contributed by atoms with E-state index in [1.807, 2.05) is 0 Å². The zero-order chi connectivity index (χ0) is 18.8. The summed E-state index contributed by atoms with van der Waals surface area (Å²) in [6, 6.07) is 8.68. The lowest BCUT2D eigenvalue weighted by molar-refractivity contribution is -0.137. The maximum absolute atomic E-state index is 12.7. The lowest BCUT2D eigenvalue weighted by Gasteiger charge is -2.21. The molecule has 0 aliphatic rings. The summed E-state index contributed by atoms with van der Waals surface area (Å²) in [7, 11) is 0. The van der Waals surface area contributed by atoms with Gasteiger partial charge in [-0.3, -0.25) is 4.98 Å². The van der Waals surface area contributed by atoms with Gasteiger partial charge in [0.15, 0.2) is 5.41 Å². The van der Waals surface area contributed by atoms with Crippen LogP contribution in [0.25, 0.3) is 0 Å². The van der Waals surface area contributed by atoms with Gasteiger partial charge in [-0.2, -0.15) is 23.7 Å². The summed E-state index contributed by atoms with van der Waals surface area (Å²) in [5.41, 5.74) is -2.83. The first-order valence-electron chi connectivity index (χ1n) is 6.62. The highest BCUT2D eigenvalue weighted by Gasteiger charge is 2.39. The minimum Gasteiger partial charge on any atom is -0.256 e. The number of pyridine rings is 1. The second kappa shape index (κ2) is 7.09. The fraction of sp³-hybridized carbons (Fsp3) is 0.188. The summed E-state index contributed by atoms with van der Waals surface area (Å²) in [6.07, 6.45) is -4.32. The molecule has 9 heteroatoms. The van der Waals surface area contributed by atoms with Gasteiger partial charge < -0.3 is 0 Å². The standard InChI is InChI=1S/C16H7Cl3F3N3/c17-11-2-1-9(12(18)4-11)5-15(7-23,8-24)14-13(19)3-10(6-25-14)16(20,21)22/h1-4,6H,5H2. The van der Waals surface area contributed by atoms with Crippen LogP contribution in [0, 0.1) is 22.7 Å². The molecular weight excluding hydrogens is 398 g/mol. The van der Waals surface area contributed by atoms with Gasteiger partial charge >= 0.3 is 6.18 Å². The Kier molecular flexibility index (Phi) is 5.49. The average Bonchev–Trinajstić information content (AvgIpc) is 2.54. The van der Waals surface area contributed by atoms with Crippen molar-refractivity contribution in [3.63, 3.8) is 0 Å². The Morgan fingerprint density at radius 1 is 1.00 bits per heavy atom. The number of aromatic nitrogens is 1. The molecule has 0 atom stereocenters. The smallest absolute Gasteiger partial charge is 0.256 e. The van der Waals surface area contributed by atoms with Gasteiger partial charge in [0.2, 0.25) is 0 Å². The molecule has 1 aromatic heterocycles. The van der Waals surface area contributed by atoms with E-state index in [-0.39, 0.29) is 17.1 Å². The van der Waals surface area contributed by atoms with Gasteiger partial charge in [-0.1, -0.05) is 40.9 Å². The van der Waals surface area contributed by atoms with Crippen molar-refractivity contribution in [2.75, 3.05) is 0 Å². The average molecular weight is 405 g/mol. The quantitative estimate of drug-likeness (QED) is 0.670. The summed E-state index contributed by atoms with van der Waals surface area (Å²) in [6.45, 7) is 0. The second-order valence-corrected chi connectivity index (χ2v) is 6.34. The van der Waals surface area contributed by atoms with Gasteiger partial charge in [0.25, 0.3) is 0 Å². The van der Waals surface area contributed by atoms with E-state index in [0.717, 1.165) is 0 Å². The third-order valence-corrected chi connectivity index (χ3v) is 4.30. The van der Waals surface area contributed by atoms with Crippen LogP contribution < -0.4 is 0 Å². The molecule has 0 radical (unpaired) electrons. The number of benzene rings is 1. The van der Waals surface area contributed by atoms with Crippen molar-refractivity contribution in [3.05, 3.63) is 62.4 Å². The molecule has 0 unspecified atom stereocenters. The third-order valence-electron chi connectivity index (χ3n) is 3.43. The normalized spacial score (nSPS) is 11.7. The van der Waals surface area contributed by atoms with E-state index in [9.17, 15) is 23.7 Å². The molecule has 0 saturated heterocycles. The number of nitriles is 2. The third kappa shape index (κ3) is 3.99. The van der Waals surface area contributed by atoms with Crippen molar-refractivity contribution in [1.82, 2.24) is 4.98 Å². The van der Waals surface area contributed by atoms with Crippen LogP contribution in [0.4, 0.5) is 13.2 Å². The van der Waals surface area contributed by atoms with Crippen LogP contribution in [0.3, 0.4) is 0 Å². The van der Waals surface area contributed by atoms with E-state index in [2.05, 4.69) is 4.98 Å². The number of nitrogens with zero attached hydrogens (tertiary/aromatic N) is 3. The second-order valence-electron chi connectivity index (χ2n) is 5.09. The molecule has 1 heterocycles. The van der Waals surface area contributed by atoms with Crippen molar-refractivity contribution in [1.29, 1.82) is 10.5 Å². The molecule has 0 aliphatic carbocycles. The van der Waals surface area contributed by atoms with Crippen molar-refractivity contribution in [2.24, 2.45) is 0 Å². The zero-order valence-electron chi connectivity index (χ0n) is 12.2. The van der Waals surface area contributed by atoms with Crippen molar-refractivity contribution < 1.29 is 13.2 Å². The predicted octanol–water partition coefficient (Wildman–Crippen LogP) is 5.59. The molecule has 128 valence electrons. The van der Waals surface area contributed by atoms with Crippen LogP contribution in [0.2, 0.25) is 15.1 Å². The Labute approximate surface area is 156 Å². The van der Waals surface area contributed by atoms with Gasteiger partial charge in [0, 0.05) is 22.7 Å². The van der Waals surface area contributed by atoms with Crippen molar-refractivity contribution in [3.8, 4) is 12.1 Å². The maximum Gasteiger partial charge on any atom is 0.417 e. The SMILES string of the molecule is N#CC(C#N)(Cc1ccc(Cl)cc1Cl)c1ncc(C(F)(F)F)cc1Cl. The fourth-order valence-electron chi connectivity index (χ4n) is 2.15. The Bertz CT molecular complexity index is 884. The minimum atomic E-state index is -4.64. The summed E-state index contributed by atoms with van der Waals surface area (Å²) in [5, 5.41) is 19.2. The minimum absolute atomic E-state index is 0.213. The topological polar surface area (TPSA) is 60.5 Å². The van der Waals surface area contributed by atoms with E-state index in [0.29, 0.717) is 22.8 Å². The van der Waals surface area contributed by atoms with E-state index in [4.69, 9.17) is 34.8 Å². The van der Waals surface area contributed by atoms with Gasteiger partial charge in [0.05, 0.1) is 28.4 Å². The number of alkyl halides is 3. The van der Waals surface area contributed by atoms with E-state index in [1.54, 1.807) is 12.1 Å². The van der Waals surface area contributed by atoms with E-state index >= 15 is 0 Å². The molecule has 0 aliphatic heterocycles. The van der Waals surface area contributed by atoms with Crippen LogP contribution >= 0.6 is 34.8 Å². The Morgan fingerprint density at radius 2 is 1.64 bits per heavy atom. The van der Waals surface area contributed by atoms with Crippen LogP contribution in [0.15, 0.2) is 30.5 Å². The number of hydrogen-bond acceptors (Lipinski definition) is 3. The largest absolute Gasteiger partial charge is 0.417 e. The molecule has 3 nitrogen and oxygen atoms in total. The number of halogens is 6. The van der Waals surface area contributed by atoms with Gasteiger partial charge in [-0.05, 0) is 23.8 Å². The lowest BCUT2D eigenvalue weighted by Crippen LogP contribution is -2.27. The highest BCUT2D eigenvalue weighted by atomic mass is 35.5. The zero-order valence-corrected chi connectivity index (χ0v) is 14.5. The van der Waals surface area contributed by atoms with Gasteiger partial charge in [0.1, 0.15) is 0 Å². The molecule has 0 saturated carbocycles. The first kappa shape index (κ1) is 19.3. The predicted molar refractivity (Wildman–Crippen MR) is 87.3 cm³/mol. The van der Waals surface area contributed by atoms with Crippen molar-refractivity contribution in [2.45, 2.75) is 18.0 Å². The molecule has 2 rings (SSSR count). The Balaban J connectivity index is 2.54. The van der Waals surface area contributed by atoms with Gasteiger partial charge in [-0.15, -0.1) is 0 Å². The van der Waals surface area contributed by atoms with E-state index < -0.39 is 22.2 Å². The summed E-state index contributed by atoms with van der Waals surface area (Å²) >= 11 is 17.7. The summed E-state index contributed by atoms with van der Waals surface area (Å²) in [5.74, 6) is 0. The lowest BCUT2D eigenvalue weighted by atomic mass is 9.81. The van der Waals surface area contributed by atoms with Crippen molar-refractivity contribution >= 4 is 34.8 Å². The molecule has 0 spiro atoms. The molecule has 2 aromatic rings. The fourth-order valence-corrected chi connectivity index (χ4v) is 2.95. The number of rotatable bonds is 3. The maximum atomic E-state index is 12.7. The molecule has 0 fully saturated rings. The number of hydrogen-bond donors (Lipinski definition) is 0. The molecule has 0 N–H and O–H groups in total. The molecule has 0 amide bonds. The van der Waals surface area contributed by atoms with Crippen LogP contribution in [-0.4, -0.2) is 4.98 Å². The highest BCUT2D eigenvalue weighted by Crippen LogP contribution is 2.37. The van der Waals surface area contributed by atoms with E-state index in [1.165, 1.54) is 18.2 Å². The first-order valence-corrected chi connectivity index (χ1v) is 7.76. The van der Waals surface area contributed by atoms with Gasteiger partial charge in [-0.25, -0.2) is 0 Å². The first-order chi connectivity index (χ1) is 11.6. The molecule has 1 aromatic carbocycles. The summed E-state index contributed by atoms with van der Waals surface area (Å²) in [4.78, 5) is 3.64. The Morgan fingerprint density at radius 3 is 2.12 bits per heavy atom. The molecule has 25 heavy (non-hydrogen) atoms. The summed E-state index contributed by atoms with van der Waals surface area (Å²) < 4.78 is 38.2. The van der Waals surface area contributed by atoms with Crippen LogP contribution in [-0.2, 0) is 18.0 Å². The highest BCUT2D eigenvalue weighted by molar-refractivity contribution is 6.35. The monoisotopic (exact) mass is 403 g/mol. The van der Waals surface area contributed by atoms with Crippen LogP contribution in [0.1, 0.15) is 16.8 Å².